The van der Waals surface area contributed by atoms with Crippen LogP contribution in [0.5, 0.6) is 0 Å². The van der Waals surface area contributed by atoms with Crippen molar-refractivity contribution in [1.29, 1.82) is 0 Å². The molecule has 1 unspecified atom stereocenters. The fraction of sp³-hybridized carbons (Fsp3) is 0.579. The van der Waals surface area contributed by atoms with Gasteiger partial charge in [0.1, 0.15) is 6.33 Å². The summed E-state index contributed by atoms with van der Waals surface area (Å²) in [6.07, 6.45) is 13.1. The van der Waals surface area contributed by atoms with Gasteiger partial charge in [-0.3, -0.25) is 9.48 Å². The molecule has 0 aromatic carbocycles. The van der Waals surface area contributed by atoms with Crippen LogP contribution in [-0.4, -0.2) is 44.8 Å². The highest BCUT2D eigenvalue weighted by molar-refractivity contribution is 5.76. The number of rotatable bonds is 5. The Labute approximate surface area is 153 Å². The van der Waals surface area contributed by atoms with E-state index in [4.69, 9.17) is 0 Å². The molecule has 0 bridgehead atoms. The fourth-order valence-electron chi connectivity index (χ4n) is 4.05. The molecule has 7 nitrogen and oxygen atoms in total. The molecule has 1 amide bonds. The first-order chi connectivity index (χ1) is 12.8. The Kier molecular flexibility index (Phi) is 5.24. The predicted octanol–water partition coefficient (Wildman–Crippen LogP) is 1.94. The highest BCUT2D eigenvalue weighted by Gasteiger charge is 2.25. The zero-order valence-corrected chi connectivity index (χ0v) is 15.0. The van der Waals surface area contributed by atoms with Crippen LogP contribution in [0.15, 0.2) is 31.0 Å². The maximum atomic E-state index is 12.2. The van der Waals surface area contributed by atoms with Crippen molar-refractivity contribution < 1.29 is 4.79 Å². The van der Waals surface area contributed by atoms with Gasteiger partial charge in [0.05, 0.1) is 17.9 Å². The van der Waals surface area contributed by atoms with Crippen molar-refractivity contribution in [3.63, 3.8) is 0 Å². The van der Waals surface area contributed by atoms with Gasteiger partial charge in [-0.05, 0) is 57.2 Å². The number of carbonyl (C=O) groups is 1. The topological polar surface area (TPSA) is 84.7 Å². The van der Waals surface area contributed by atoms with Crippen LogP contribution in [0.2, 0.25) is 0 Å². The van der Waals surface area contributed by atoms with Crippen molar-refractivity contribution in [3.8, 4) is 11.3 Å². The SMILES string of the molecule is O=C(CC1CCNC1)NC1CCC(n2cc(-c3ccncn3)cn2)CC1. The summed E-state index contributed by atoms with van der Waals surface area (Å²) < 4.78 is 2.06. The van der Waals surface area contributed by atoms with Crippen LogP contribution in [0, 0.1) is 5.92 Å². The fourth-order valence-corrected chi connectivity index (χ4v) is 4.05. The number of amides is 1. The molecule has 1 atom stereocenters. The van der Waals surface area contributed by atoms with Crippen LogP contribution in [0.4, 0.5) is 0 Å². The largest absolute Gasteiger partial charge is 0.353 e. The Morgan fingerprint density at radius 2 is 2.15 bits per heavy atom. The van der Waals surface area contributed by atoms with Crippen molar-refractivity contribution in [1.82, 2.24) is 30.4 Å². The number of hydrogen-bond donors (Lipinski definition) is 2. The molecule has 1 saturated heterocycles. The van der Waals surface area contributed by atoms with Gasteiger partial charge in [0.15, 0.2) is 0 Å². The molecule has 2 fully saturated rings. The summed E-state index contributed by atoms with van der Waals surface area (Å²) in [7, 11) is 0. The van der Waals surface area contributed by atoms with E-state index in [1.807, 2.05) is 12.3 Å². The molecular formula is C19H26N6O. The number of nitrogens with zero attached hydrogens (tertiary/aromatic N) is 4. The first kappa shape index (κ1) is 17.1. The Hall–Kier alpha value is -2.28. The Morgan fingerprint density at radius 3 is 2.88 bits per heavy atom. The molecule has 26 heavy (non-hydrogen) atoms. The highest BCUT2D eigenvalue weighted by atomic mass is 16.1. The first-order valence-electron chi connectivity index (χ1n) is 9.58. The lowest BCUT2D eigenvalue weighted by Gasteiger charge is -2.29. The molecule has 0 spiro atoms. The Balaban J connectivity index is 1.27. The van der Waals surface area contributed by atoms with Gasteiger partial charge in [0.25, 0.3) is 0 Å². The van der Waals surface area contributed by atoms with Crippen LogP contribution < -0.4 is 10.6 Å². The summed E-state index contributed by atoms with van der Waals surface area (Å²) >= 11 is 0. The molecule has 3 heterocycles. The summed E-state index contributed by atoms with van der Waals surface area (Å²) in [6.45, 7) is 2.03. The van der Waals surface area contributed by atoms with E-state index < -0.39 is 0 Å². The van der Waals surface area contributed by atoms with E-state index >= 15 is 0 Å². The van der Waals surface area contributed by atoms with E-state index in [9.17, 15) is 4.79 Å². The molecule has 4 rings (SSSR count). The molecule has 1 aliphatic carbocycles. The molecule has 2 aromatic heterocycles. The molecule has 2 aromatic rings. The summed E-state index contributed by atoms with van der Waals surface area (Å²) in [6, 6.07) is 2.61. The van der Waals surface area contributed by atoms with E-state index in [2.05, 4.69) is 36.6 Å². The first-order valence-corrected chi connectivity index (χ1v) is 9.58. The average molecular weight is 354 g/mol. The average Bonchev–Trinajstić information content (AvgIpc) is 3.35. The minimum absolute atomic E-state index is 0.215. The monoisotopic (exact) mass is 354 g/mol. The zero-order chi connectivity index (χ0) is 17.8. The smallest absolute Gasteiger partial charge is 0.220 e. The summed E-state index contributed by atoms with van der Waals surface area (Å²) in [5.41, 5.74) is 1.92. The highest BCUT2D eigenvalue weighted by Crippen LogP contribution is 2.29. The second-order valence-corrected chi connectivity index (χ2v) is 7.44. The molecule has 1 saturated carbocycles. The van der Waals surface area contributed by atoms with Crippen LogP contribution in [0.25, 0.3) is 11.3 Å². The maximum absolute atomic E-state index is 12.2. The third kappa shape index (κ3) is 4.09. The van der Waals surface area contributed by atoms with E-state index in [-0.39, 0.29) is 5.91 Å². The van der Waals surface area contributed by atoms with E-state index in [0.29, 0.717) is 24.4 Å². The quantitative estimate of drug-likeness (QED) is 0.857. The lowest BCUT2D eigenvalue weighted by atomic mass is 9.91. The predicted molar refractivity (Wildman–Crippen MR) is 98.3 cm³/mol. The molecule has 0 radical (unpaired) electrons. The van der Waals surface area contributed by atoms with Gasteiger partial charge in [0.2, 0.25) is 5.91 Å². The van der Waals surface area contributed by atoms with Crippen LogP contribution in [0.1, 0.15) is 44.6 Å². The maximum Gasteiger partial charge on any atom is 0.220 e. The van der Waals surface area contributed by atoms with Crippen LogP contribution in [-0.2, 0) is 4.79 Å². The van der Waals surface area contributed by atoms with Gasteiger partial charge in [-0.1, -0.05) is 0 Å². The molecule has 1 aliphatic heterocycles. The molecule has 2 N–H and O–H groups in total. The van der Waals surface area contributed by atoms with Gasteiger partial charge >= 0.3 is 0 Å². The van der Waals surface area contributed by atoms with Crippen molar-refractivity contribution >= 4 is 5.91 Å². The third-order valence-electron chi connectivity index (χ3n) is 5.55. The van der Waals surface area contributed by atoms with Crippen molar-refractivity contribution in [3.05, 3.63) is 31.0 Å². The normalized spacial score (nSPS) is 25.9. The second-order valence-electron chi connectivity index (χ2n) is 7.44. The summed E-state index contributed by atoms with van der Waals surface area (Å²) in [5.74, 6) is 0.725. The zero-order valence-electron chi connectivity index (χ0n) is 15.0. The third-order valence-corrected chi connectivity index (χ3v) is 5.55. The van der Waals surface area contributed by atoms with Crippen LogP contribution >= 0.6 is 0 Å². The van der Waals surface area contributed by atoms with Crippen molar-refractivity contribution in [2.24, 2.45) is 5.92 Å². The number of hydrogen-bond acceptors (Lipinski definition) is 5. The van der Waals surface area contributed by atoms with Gasteiger partial charge in [-0.15, -0.1) is 0 Å². The van der Waals surface area contributed by atoms with E-state index in [0.717, 1.165) is 56.5 Å². The van der Waals surface area contributed by atoms with Gasteiger partial charge < -0.3 is 10.6 Å². The van der Waals surface area contributed by atoms with Gasteiger partial charge in [0, 0.05) is 30.4 Å². The van der Waals surface area contributed by atoms with E-state index in [1.54, 1.807) is 12.5 Å². The summed E-state index contributed by atoms with van der Waals surface area (Å²) in [4.78, 5) is 20.4. The number of nitrogens with one attached hydrogen (secondary N) is 2. The summed E-state index contributed by atoms with van der Waals surface area (Å²) in [5, 5.41) is 11.1. The number of carbonyl (C=O) groups excluding carboxylic acids is 1. The second kappa shape index (κ2) is 7.95. The van der Waals surface area contributed by atoms with Gasteiger partial charge in [-0.2, -0.15) is 5.10 Å². The lowest BCUT2D eigenvalue weighted by Crippen LogP contribution is -2.38. The van der Waals surface area contributed by atoms with E-state index in [1.165, 1.54) is 0 Å². The Morgan fingerprint density at radius 1 is 1.27 bits per heavy atom. The number of aromatic nitrogens is 4. The standard InChI is InChI=1S/C19H26N6O/c26-19(9-14-5-7-20-10-14)24-16-1-3-17(4-2-16)25-12-15(11-23-25)18-6-8-21-13-22-18/h6,8,11-14,16-17,20H,1-5,7,9-10H2,(H,24,26). The molecular weight excluding hydrogens is 328 g/mol. The van der Waals surface area contributed by atoms with Gasteiger partial charge in [-0.25, -0.2) is 9.97 Å². The van der Waals surface area contributed by atoms with Crippen LogP contribution in [0.3, 0.4) is 0 Å². The minimum atomic E-state index is 0.215. The lowest BCUT2D eigenvalue weighted by molar-refractivity contribution is -0.122. The molecule has 7 heteroatoms. The minimum Gasteiger partial charge on any atom is -0.353 e. The molecule has 138 valence electrons. The van der Waals surface area contributed by atoms with Crippen molar-refractivity contribution in [2.45, 2.75) is 50.6 Å². The van der Waals surface area contributed by atoms with Crippen molar-refractivity contribution in [2.75, 3.05) is 13.1 Å². The molecule has 2 aliphatic rings. The Bertz CT molecular complexity index is 717.